The topological polar surface area (TPSA) is 20.3 Å². The molecule has 0 unspecified atom stereocenters. The molecule has 13 heavy (non-hydrogen) atoms. The number of hydrogen-bond donors (Lipinski definition) is 0. The van der Waals surface area contributed by atoms with Crippen molar-refractivity contribution in [2.75, 3.05) is 13.1 Å². The Morgan fingerprint density at radius 3 is 2.69 bits per heavy atom. The molecular formula is C10H10ClNO. The lowest BCUT2D eigenvalue weighted by molar-refractivity contribution is 0.0652. The predicted octanol–water partition coefficient (Wildman–Crippen LogP) is 2.19. The Kier molecular flexibility index (Phi) is 2.23. The van der Waals surface area contributed by atoms with Crippen LogP contribution in [0.1, 0.15) is 16.8 Å². The first-order valence-electron chi connectivity index (χ1n) is 4.32. The van der Waals surface area contributed by atoms with Crippen LogP contribution >= 0.6 is 11.6 Å². The quantitative estimate of drug-likeness (QED) is 0.673. The number of carbonyl (C=O) groups is 1. The van der Waals surface area contributed by atoms with Crippen LogP contribution in [0.2, 0.25) is 5.02 Å². The monoisotopic (exact) mass is 195 g/mol. The summed E-state index contributed by atoms with van der Waals surface area (Å²) < 4.78 is 0. The van der Waals surface area contributed by atoms with Crippen molar-refractivity contribution < 1.29 is 4.79 Å². The lowest BCUT2D eigenvalue weighted by atomic mass is 10.1. The fourth-order valence-corrected chi connectivity index (χ4v) is 1.51. The normalized spacial score (nSPS) is 15.3. The van der Waals surface area contributed by atoms with Crippen LogP contribution < -0.4 is 0 Å². The van der Waals surface area contributed by atoms with Crippen molar-refractivity contribution in [2.45, 2.75) is 6.42 Å². The first kappa shape index (κ1) is 8.57. The molecule has 1 aromatic rings. The maximum Gasteiger partial charge on any atom is 0.253 e. The number of nitrogens with zero attached hydrogens (tertiary/aromatic N) is 1. The van der Waals surface area contributed by atoms with Gasteiger partial charge in [0.2, 0.25) is 0 Å². The van der Waals surface area contributed by atoms with Gasteiger partial charge in [-0.3, -0.25) is 4.79 Å². The van der Waals surface area contributed by atoms with Gasteiger partial charge < -0.3 is 4.90 Å². The molecule has 1 saturated heterocycles. The molecule has 1 aliphatic rings. The Balaban J connectivity index is 2.19. The van der Waals surface area contributed by atoms with E-state index in [-0.39, 0.29) is 5.91 Å². The lowest BCUT2D eigenvalue weighted by Gasteiger charge is -2.30. The van der Waals surface area contributed by atoms with Gasteiger partial charge in [-0.1, -0.05) is 17.7 Å². The number of carbonyl (C=O) groups excluding carboxylic acids is 1. The van der Waals surface area contributed by atoms with E-state index >= 15 is 0 Å². The van der Waals surface area contributed by atoms with E-state index in [1.54, 1.807) is 24.3 Å². The lowest BCUT2D eigenvalue weighted by Crippen LogP contribution is -2.41. The second-order valence-electron chi connectivity index (χ2n) is 3.16. The molecule has 0 saturated carbocycles. The van der Waals surface area contributed by atoms with Crippen molar-refractivity contribution in [1.29, 1.82) is 0 Å². The number of likely N-dealkylation sites (tertiary alicyclic amines) is 1. The third kappa shape index (κ3) is 1.68. The first-order valence-corrected chi connectivity index (χ1v) is 4.70. The second-order valence-corrected chi connectivity index (χ2v) is 3.59. The molecule has 1 amide bonds. The molecular weight excluding hydrogens is 186 g/mol. The fraction of sp³-hybridized carbons (Fsp3) is 0.300. The van der Waals surface area contributed by atoms with Gasteiger partial charge in [-0.05, 0) is 24.6 Å². The predicted molar refractivity (Wildman–Crippen MR) is 52.0 cm³/mol. The summed E-state index contributed by atoms with van der Waals surface area (Å²) in [5.41, 5.74) is 0.687. The average molecular weight is 196 g/mol. The first-order chi connectivity index (χ1) is 6.27. The molecule has 1 heterocycles. The van der Waals surface area contributed by atoms with Crippen LogP contribution in [0, 0.1) is 0 Å². The van der Waals surface area contributed by atoms with Crippen LogP contribution in [0.3, 0.4) is 0 Å². The zero-order valence-corrected chi connectivity index (χ0v) is 7.92. The highest BCUT2D eigenvalue weighted by atomic mass is 35.5. The standard InChI is InChI=1S/C10H10ClNO/c11-9-4-1-3-8(7-9)10(13)12-5-2-6-12/h1,3-4,7H,2,5-6H2. The van der Waals surface area contributed by atoms with Crippen molar-refractivity contribution >= 4 is 17.5 Å². The number of rotatable bonds is 1. The van der Waals surface area contributed by atoms with E-state index in [1.807, 2.05) is 4.90 Å². The Morgan fingerprint density at radius 1 is 1.38 bits per heavy atom. The van der Waals surface area contributed by atoms with Crippen LogP contribution in [0.25, 0.3) is 0 Å². The molecule has 1 aromatic carbocycles. The minimum atomic E-state index is 0.0914. The summed E-state index contributed by atoms with van der Waals surface area (Å²) in [4.78, 5) is 13.5. The zero-order valence-electron chi connectivity index (χ0n) is 7.16. The van der Waals surface area contributed by atoms with Gasteiger partial charge in [0.15, 0.2) is 0 Å². The summed E-state index contributed by atoms with van der Waals surface area (Å²) in [6, 6.07) is 7.08. The van der Waals surface area contributed by atoms with Crippen molar-refractivity contribution in [3.05, 3.63) is 34.9 Å². The highest BCUT2D eigenvalue weighted by Gasteiger charge is 2.21. The molecule has 1 fully saturated rings. The summed E-state index contributed by atoms with van der Waals surface area (Å²) >= 11 is 5.78. The maximum atomic E-state index is 11.6. The van der Waals surface area contributed by atoms with Gasteiger partial charge in [-0.2, -0.15) is 0 Å². The maximum absolute atomic E-state index is 11.6. The highest BCUT2D eigenvalue weighted by molar-refractivity contribution is 6.30. The molecule has 0 aromatic heterocycles. The molecule has 0 spiro atoms. The van der Waals surface area contributed by atoms with Crippen molar-refractivity contribution in [1.82, 2.24) is 4.90 Å². The van der Waals surface area contributed by atoms with Crippen LogP contribution in [0.4, 0.5) is 0 Å². The highest BCUT2D eigenvalue weighted by Crippen LogP contribution is 2.15. The van der Waals surface area contributed by atoms with Crippen LogP contribution in [-0.4, -0.2) is 23.9 Å². The van der Waals surface area contributed by atoms with Crippen LogP contribution in [-0.2, 0) is 0 Å². The molecule has 0 radical (unpaired) electrons. The Morgan fingerprint density at radius 2 is 2.15 bits per heavy atom. The van der Waals surface area contributed by atoms with Crippen LogP contribution in [0.5, 0.6) is 0 Å². The minimum absolute atomic E-state index is 0.0914. The zero-order chi connectivity index (χ0) is 9.26. The summed E-state index contributed by atoms with van der Waals surface area (Å²) in [5.74, 6) is 0.0914. The van der Waals surface area contributed by atoms with Gasteiger partial charge in [0.1, 0.15) is 0 Å². The van der Waals surface area contributed by atoms with Gasteiger partial charge in [0.25, 0.3) is 5.91 Å². The van der Waals surface area contributed by atoms with Gasteiger partial charge in [-0.25, -0.2) is 0 Å². The fourth-order valence-electron chi connectivity index (χ4n) is 1.32. The van der Waals surface area contributed by atoms with E-state index in [0.717, 1.165) is 19.5 Å². The molecule has 3 heteroatoms. The van der Waals surface area contributed by atoms with Crippen molar-refractivity contribution in [3.63, 3.8) is 0 Å². The SMILES string of the molecule is O=C(c1cccc(Cl)c1)N1CCC1. The summed E-state index contributed by atoms with van der Waals surface area (Å²) in [6.45, 7) is 1.76. The second kappa shape index (κ2) is 3.38. The van der Waals surface area contributed by atoms with Gasteiger partial charge in [0, 0.05) is 23.7 Å². The largest absolute Gasteiger partial charge is 0.339 e. The third-order valence-corrected chi connectivity index (χ3v) is 2.45. The summed E-state index contributed by atoms with van der Waals surface area (Å²) in [5, 5.41) is 0.617. The van der Waals surface area contributed by atoms with E-state index in [4.69, 9.17) is 11.6 Å². The molecule has 0 N–H and O–H groups in total. The van der Waals surface area contributed by atoms with Gasteiger partial charge in [-0.15, -0.1) is 0 Å². The van der Waals surface area contributed by atoms with E-state index in [0.29, 0.717) is 10.6 Å². The number of amides is 1. The molecule has 1 aliphatic heterocycles. The van der Waals surface area contributed by atoms with Crippen molar-refractivity contribution in [3.8, 4) is 0 Å². The van der Waals surface area contributed by atoms with Crippen LogP contribution in [0.15, 0.2) is 24.3 Å². The Hall–Kier alpha value is -1.02. The Bertz CT molecular complexity index is 333. The molecule has 68 valence electrons. The average Bonchev–Trinajstić information content (AvgIpc) is 2.01. The number of halogens is 1. The van der Waals surface area contributed by atoms with E-state index < -0.39 is 0 Å². The minimum Gasteiger partial charge on any atom is -0.339 e. The van der Waals surface area contributed by atoms with Gasteiger partial charge in [0.05, 0.1) is 0 Å². The third-order valence-electron chi connectivity index (χ3n) is 2.21. The van der Waals surface area contributed by atoms with E-state index in [1.165, 1.54) is 0 Å². The molecule has 0 aliphatic carbocycles. The summed E-state index contributed by atoms with van der Waals surface area (Å²) in [7, 11) is 0. The molecule has 0 atom stereocenters. The van der Waals surface area contributed by atoms with E-state index in [9.17, 15) is 4.79 Å². The number of benzene rings is 1. The van der Waals surface area contributed by atoms with Crippen molar-refractivity contribution in [2.24, 2.45) is 0 Å². The smallest absolute Gasteiger partial charge is 0.253 e. The van der Waals surface area contributed by atoms with Gasteiger partial charge >= 0.3 is 0 Å². The Labute approximate surface area is 82.1 Å². The summed E-state index contributed by atoms with van der Waals surface area (Å²) in [6.07, 6.45) is 1.12. The molecule has 2 nitrogen and oxygen atoms in total. The molecule has 0 bridgehead atoms. The number of hydrogen-bond acceptors (Lipinski definition) is 1. The molecule has 2 rings (SSSR count). The van der Waals surface area contributed by atoms with E-state index in [2.05, 4.69) is 0 Å².